The molecule has 0 radical (unpaired) electrons. The molecule has 0 aliphatic heterocycles. The molecule has 0 spiro atoms. The number of halogens is 4. The van der Waals surface area contributed by atoms with Crippen molar-refractivity contribution in [2.75, 3.05) is 0 Å². The first kappa shape index (κ1) is 26.0. The molecule has 0 amide bonds. The average molecular weight is 640 g/mol. The Bertz CT molecular complexity index is 962. The minimum atomic E-state index is -1.21. The maximum atomic E-state index is 13.0. The van der Waals surface area contributed by atoms with E-state index in [9.17, 15) is 28.0 Å². The van der Waals surface area contributed by atoms with Gasteiger partial charge in [0.15, 0.2) is 11.6 Å². The molecule has 0 fully saturated rings. The van der Waals surface area contributed by atoms with Gasteiger partial charge >= 0.3 is 5.97 Å². The van der Waals surface area contributed by atoms with Crippen molar-refractivity contribution in [3.05, 3.63) is 78.5 Å². The molecular formula is C21H16F2I2O5. The maximum Gasteiger partial charge on any atom is 0.328 e. The molecule has 0 atom stereocenters. The Morgan fingerprint density at radius 2 is 1.33 bits per heavy atom. The van der Waals surface area contributed by atoms with Crippen molar-refractivity contribution in [1.82, 2.24) is 0 Å². The Morgan fingerprint density at radius 1 is 0.833 bits per heavy atom. The number of benzene rings is 2. The SMILES string of the molecule is CC(=O)CCC(=O)c1cc(F)cc(I)c1.O=C(O)/C=C/C(=O)c1cc(F)cc(I)c1. The number of carboxylic acids is 1. The van der Waals surface area contributed by atoms with E-state index in [-0.39, 0.29) is 30.0 Å². The van der Waals surface area contributed by atoms with Gasteiger partial charge in [0.25, 0.3) is 0 Å². The predicted molar refractivity (Wildman–Crippen MR) is 124 cm³/mol. The van der Waals surface area contributed by atoms with E-state index in [0.29, 0.717) is 12.7 Å². The molecule has 0 aliphatic rings. The summed E-state index contributed by atoms with van der Waals surface area (Å²) in [6.45, 7) is 1.43. The number of rotatable bonds is 7. The minimum Gasteiger partial charge on any atom is -0.478 e. The molecule has 158 valence electrons. The van der Waals surface area contributed by atoms with Crippen LogP contribution in [0.5, 0.6) is 0 Å². The van der Waals surface area contributed by atoms with Gasteiger partial charge in [-0.25, -0.2) is 13.6 Å². The zero-order chi connectivity index (χ0) is 22.8. The molecule has 0 aliphatic carbocycles. The van der Waals surface area contributed by atoms with E-state index in [1.807, 2.05) is 45.2 Å². The molecule has 2 aromatic carbocycles. The van der Waals surface area contributed by atoms with Crippen molar-refractivity contribution < 1.29 is 33.1 Å². The third-order valence-corrected chi connectivity index (χ3v) is 4.66. The monoisotopic (exact) mass is 640 g/mol. The standard InChI is InChI=1S/C11H10FIO2.C10H6FIO3/c1-7(14)2-3-11(15)8-4-9(12)6-10(13)5-8;11-7-3-6(4-8(12)5-7)9(13)1-2-10(14)15/h4-6H,2-3H2,1H3;1-5H,(H,14,15)/b;2-1+. The molecule has 0 aromatic heterocycles. The lowest BCUT2D eigenvalue weighted by molar-refractivity contribution is -0.131. The van der Waals surface area contributed by atoms with Crippen molar-refractivity contribution in [1.29, 1.82) is 0 Å². The molecule has 0 saturated heterocycles. The number of hydrogen-bond donors (Lipinski definition) is 1. The van der Waals surface area contributed by atoms with Gasteiger partial charge in [-0.2, -0.15) is 0 Å². The number of ketones is 3. The molecule has 5 nitrogen and oxygen atoms in total. The average Bonchev–Trinajstić information content (AvgIpc) is 2.63. The van der Waals surface area contributed by atoms with E-state index in [4.69, 9.17) is 5.11 Å². The topological polar surface area (TPSA) is 88.5 Å². The van der Waals surface area contributed by atoms with E-state index in [0.717, 1.165) is 18.2 Å². The van der Waals surface area contributed by atoms with E-state index in [2.05, 4.69) is 0 Å². The highest BCUT2D eigenvalue weighted by Crippen LogP contribution is 2.14. The Morgan fingerprint density at radius 3 is 1.80 bits per heavy atom. The highest BCUT2D eigenvalue weighted by molar-refractivity contribution is 14.1. The van der Waals surface area contributed by atoms with Crippen molar-refractivity contribution in [2.24, 2.45) is 0 Å². The molecule has 0 saturated carbocycles. The van der Waals surface area contributed by atoms with Crippen LogP contribution >= 0.6 is 45.2 Å². The third-order valence-electron chi connectivity index (χ3n) is 3.41. The summed E-state index contributed by atoms with van der Waals surface area (Å²) in [5.41, 5.74) is 0.470. The quantitative estimate of drug-likeness (QED) is 0.255. The molecular weight excluding hydrogens is 624 g/mol. The van der Waals surface area contributed by atoms with Gasteiger partial charge in [0, 0.05) is 37.2 Å². The number of carbonyl (C=O) groups is 4. The van der Waals surface area contributed by atoms with Gasteiger partial charge in [-0.3, -0.25) is 9.59 Å². The number of allylic oxidation sites excluding steroid dienone is 1. The first-order chi connectivity index (χ1) is 14.0. The molecule has 30 heavy (non-hydrogen) atoms. The van der Waals surface area contributed by atoms with Crippen LogP contribution in [-0.4, -0.2) is 28.4 Å². The van der Waals surface area contributed by atoms with Crippen LogP contribution in [0.15, 0.2) is 48.6 Å². The molecule has 0 unspecified atom stereocenters. The van der Waals surface area contributed by atoms with Crippen molar-refractivity contribution in [3.8, 4) is 0 Å². The van der Waals surface area contributed by atoms with Gasteiger partial charge in [-0.1, -0.05) is 0 Å². The predicted octanol–water partition coefficient (Wildman–Crippen LogP) is 5.24. The Kier molecular flexibility index (Phi) is 10.9. The van der Waals surface area contributed by atoms with E-state index >= 15 is 0 Å². The number of carbonyl (C=O) groups excluding carboxylic acids is 3. The van der Waals surface area contributed by atoms with Gasteiger partial charge in [0.05, 0.1) is 0 Å². The summed E-state index contributed by atoms with van der Waals surface area (Å²) >= 11 is 3.82. The van der Waals surface area contributed by atoms with Crippen molar-refractivity contribution in [3.63, 3.8) is 0 Å². The summed E-state index contributed by atoms with van der Waals surface area (Å²) in [4.78, 5) is 43.7. The smallest absolute Gasteiger partial charge is 0.328 e. The summed E-state index contributed by atoms with van der Waals surface area (Å²) in [6, 6.07) is 7.99. The number of Topliss-reactive ketones (excluding diaryl/α,β-unsaturated/α-hetero) is 2. The molecule has 2 rings (SSSR count). The minimum absolute atomic E-state index is 0.0329. The fraction of sp³-hybridized carbons (Fsp3) is 0.143. The van der Waals surface area contributed by atoms with Crippen LogP contribution in [0.3, 0.4) is 0 Å². The Balaban J connectivity index is 0.000000300. The normalized spacial score (nSPS) is 10.3. The van der Waals surface area contributed by atoms with Gasteiger partial charge in [0.1, 0.15) is 17.4 Å². The summed E-state index contributed by atoms with van der Waals surface area (Å²) < 4.78 is 27.1. The summed E-state index contributed by atoms with van der Waals surface area (Å²) in [6.07, 6.45) is 1.98. The van der Waals surface area contributed by atoms with Gasteiger partial charge in [-0.05, 0) is 94.6 Å². The molecule has 0 heterocycles. The van der Waals surface area contributed by atoms with Crippen LogP contribution in [0.1, 0.15) is 40.5 Å². The lowest BCUT2D eigenvalue weighted by atomic mass is 10.1. The van der Waals surface area contributed by atoms with Crippen LogP contribution in [0.25, 0.3) is 0 Å². The van der Waals surface area contributed by atoms with Crippen LogP contribution < -0.4 is 0 Å². The summed E-state index contributed by atoms with van der Waals surface area (Å²) in [7, 11) is 0. The van der Waals surface area contributed by atoms with Gasteiger partial charge < -0.3 is 9.90 Å². The maximum absolute atomic E-state index is 13.0. The molecule has 1 N–H and O–H groups in total. The molecule has 2 aromatic rings. The first-order valence-electron chi connectivity index (χ1n) is 8.38. The van der Waals surface area contributed by atoms with E-state index < -0.39 is 23.4 Å². The van der Waals surface area contributed by atoms with Crippen molar-refractivity contribution >= 4 is 68.5 Å². The Labute approximate surface area is 198 Å². The zero-order valence-corrected chi connectivity index (χ0v) is 19.9. The lowest BCUT2D eigenvalue weighted by Crippen LogP contribution is -2.03. The highest BCUT2D eigenvalue weighted by Gasteiger charge is 2.09. The highest BCUT2D eigenvalue weighted by atomic mass is 127. The summed E-state index contributed by atoms with van der Waals surface area (Å²) in [5, 5.41) is 8.30. The second-order valence-electron chi connectivity index (χ2n) is 5.98. The van der Waals surface area contributed by atoms with Crippen LogP contribution in [0, 0.1) is 18.8 Å². The third kappa shape index (κ3) is 10.1. The fourth-order valence-electron chi connectivity index (χ4n) is 2.09. The second-order valence-corrected chi connectivity index (χ2v) is 8.47. The van der Waals surface area contributed by atoms with Crippen LogP contribution in [0.2, 0.25) is 0 Å². The molecule has 0 bridgehead atoms. The van der Waals surface area contributed by atoms with Crippen LogP contribution in [0.4, 0.5) is 8.78 Å². The number of carboxylic acid groups (broad SMARTS) is 1. The van der Waals surface area contributed by atoms with Gasteiger partial charge in [-0.15, -0.1) is 0 Å². The van der Waals surface area contributed by atoms with Crippen molar-refractivity contribution in [2.45, 2.75) is 19.8 Å². The largest absolute Gasteiger partial charge is 0.478 e. The zero-order valence-electron chi connectivity index (χ0n) is 15.6. The fourth-order valence-corrected chi connectivity index (χ4v) is 3.35. The van der Waals surface area contributed by atoms with E-state index in [1.54, 1.807) is 6.07 Å². The Hall–Kier alpha value is -2.02. The molecule has 9 heteroatoms. The summed E-state index contributed by atoms with van der Waals surface area (Å²) in [5.74, 6) is -2.91. The number of aliphatic carboxylic acids is 1. The first-order valence-corrected chi connectivity index (χ1v) is 10.5. The second kappa shape index (κ2) is 12.6. The lowest BCUT2D eigenvalue weighted by Gasteiger charge is -2.01. The van der Waals surface area contributed by atoms with E-state index in [1.165, 1.54) is 31.2 Å². The van der Waals surface area contributed by atoms with Crippen LogP contribution in [-0.2, 0) is 9.59 Å². The number of hydrogen-bond acceptors (Lipinski definition) is 4. The van der Waals surface area contributed by atoms with Gasteiger partial charge in [0.2, 0.25) is 0 Å².